The van der Waals surface area contributed by atoms with Gasteiger partial charge in [-0.05, 0) is 0 Å². The van der Waals surface area contributed by atoms with Crippen molar-refractivity contribution < 1.29 is 20.4 Å². The van der Waals surface area contributed by atoms with Crippen molar-refractivity contribution in [3.8, 4) is 0 Å². The molecule has 3 atom stereocenters. The molecule has 6 N–H and O–H groups in total. The maximum Gasteiger partial charge on any atom is 0.119 e. The molecule has 11 heavy (non-hydrogen) atoms. The fourth-order valence-electron chi connectivity index (χ4n) is 0.512. The highest BCUT2D eigenvalue weighted by atomic mass is 16.4. The second kappa shape index (κ2) is 5.03. The molecule has 0 aromatic carbocycles. The van der Waals surface area contributed by atoms with Crippen molar-refractivity contribution in [2.75, 3.05) is 6.61 Å². The first-order valence-corrected chi connectivity index (χ1v) is 3.02. The minimum Gasteiger partial charge on any atom is -0.394 e. The monoisotopic (exact) mass is 164 g/mol. The molecular formula is C5H12N2O4. The molecule has 0 rings (SSSR count). The van der Waals surface area contributed by atoms with Gasteiger partial charge in [0.1, 0.15) is 18.3 Å². The van der Waals surface area contributed by atoms with Gasteiger partial charge in [-0.15, -0.1) is 0 Å². The highest BCUT2D eigenvalue weighted by Crippen LogP contribution is 1.96. The van der Waals surface area contributed by atoms with E-state index in [-0.39, 0.29) is 0 Å². The molecule has 0 bridgehead atoms. The Morgan fingerprint density at radius 2 is 1.91 bits per heavy atom. The highest BCUT2D eigenvalue weighted by Gasteiger charge is 2.22. The summed E-state index contributed by atoms with van der Waals surface area (Å²) in [7, 11) is 0. The van der Waals surface area contributed by atoms with E-state index in [1.165, 1.54) is 0 Å². The summed E-state index contributed by atoms with van der Waals surface area (Å²) < 4.78 is 0. The lowest BCUT2D eigenvalue weighted by molar-refractivity contribution is -0.0541. The Kier molecular flexibility index (Phi) is 4.71. The molecule has 66 valence electrons. The van der Waals surface area contributed by atoms with Crippen molar-refractivity contribution in [3.05, 3.63) is 0 Å². The van der Waals surface area contributed by atoms with Crippen LogP contribution in [-0.2, 0) is 0 Å². The fourth-order valence-corrected chi connectivity index (χ4v) is 0.512. The van der Waals surface area contributed by atoms with Crippen LogP contribution in [0.4, 0.5) is 0 Å². The Morgan fingerprint density at radius 1 is 1.36 bits per heavy atom. The van der Waals surface area contributed by atoms with E-state index in [0.29, 0.717) is 0 Å². The third kappa shape index (κ3) is 3.28. The summed E-state index contributed by atoms with van der Waals surface area (Å²) in [4.78, 5) is 0. The first-order chi connectivity index (χ1) is 5.13. The summed E-state index contributed by atoms with van der Waals surface area (Å²) >= 11 is 0. The van der Waals surface area contributed by atoms with E-state index in [1.807, 2.05) is 0 Å². The van der Waals surface area contributed by atoms with Crippen LogP contribution in [0.2, 0.25) is 0 Å². The van der Waals surface area contributed by atoms with Crippen LogP contribution in [0.25, 0.3) is 0 Å². The molecule has 0 spiro atoms. The van der Waals surface area contributed by atoms with Crippen molar-refractivity contribution in [1.82, 2.24) is 0 Å². The molecule has 0 radical (unpaired) electrons. The second-order valence-electron chi connectivity index (χ2n) is 2.03. The Labute approximate surface area is 63.6 Å². The maximum absolute atomic E-state index is 8.91. The summed E-state index contributed by atoms with van der Waals surface area (Å²) in [6.07, 6.45) is -3.35. The zero-order valence-electron chi connectivity index (χ0n) is 5.83. The Balaban J connectivity index is 3.90. The number of nitrogens with two attached hydrogens (primary N) is 1. The zero-order valence-corrected chi connectivity index (χ0v) is 5.83. The van der Waals surface area contributed by atoms with Crippen molar-refractivity contribution >= 4 is 6.21 Å². The van der Waals surface area contributed by atoms with E-state index in [4.69, 9.17) is 20.4 Å². The number of aliphatic hydroxyl groups excluding tert-OH is 4. The van der Waals surface area contributed by atoms with Crippen LogP contribution in [0.5, 0.6) is 0 Å². The van der Waals surface area contributed by atoms with Crippen LogP contribution < -0.4 is 5.84 Å². The molecule has 6 heteroatoms. The molecule has 6 nitrogen and oxygen atoms in total. The summed E-state index contributed by atoms with van der Waals surface area (Å²) in [6.45, 7) is -0.628. The summed E-state index contributed by atoms with van der Waals surface area (Å²) in [5, 5.41) is 37.8. The van der Waals surface area contributed by atoms with Gasteiger partial charge >= 0.3 is 0 Å². The smallest absolute Gasteiger partial charge is 0.119 e. The van der Waals surface area contributed by atoms with Gasteiger partial charge in [0.05, 0.1) is 12.8 Å². The first-order valence-electron chi connectivity index (χ1n) is 3.02. The number of hydrazone groups is 1. The van der Waals surface area contributed by atoms with E-state index in [0.717, 1.165) is 6.21 Å². The minimum atomic E-state index is -1.47. The van der Waals surface area contributed by atoms with Crippen LogP contribution in [0.15, 0.2) is 5.10 Å². The molecular weight excluding hydrogens is 152 g/mol. The van der Waals surface area contributed by atoms with Gasteiger partial charge in [0, 0.05) is 0 Å². The molecule has 0 heterocycles. The molecule has 0 unspecified atom stereocenters. The first kappa shape index (κ1) is 10.3. The van der Waals surface area contributed by atoms with Gasteiger partial charge < -0.3 is 26.3 Å². The van der Waals surface area contributed by atoms with E-state index in [1.54, 1.807) is 0 Å². The van der Waals surface area contributed by atoms with Crippen LogP contribution >= 0.6 is 0 Å². The van der Waals surface area contributed by atoms with E-state index in [9.17, 15) is 0 Å². The maximum atomic E-state index is 8.91. The average molecular weight is 164 g/mol. The normalized spacial score (nSPS) is 20.0. The fraction of sp³-hybridized carbons (Fsp3) is 0.800. The van der Waals surface area contributed by atoms with Gasteiger partial charge in [0.15, 0.2) is 0 Å². The summed E-state index contributed by atoms with van der Waals surface area (Å²) in [5.41, 5.74) is 0. The van der Waals surface area contributed by atoms with Crippen LogP contribution in [-0.4, -0.2) is 51.6 Å². The molecule has 0 saturated carbocycles. The third-order valence-corrected chi connectivity index (χ3v) is 1.17. The molecule has 0 aliphatic carbocycles. The van der Waals surface area contributed by atoms with Crippen LogP contribution in [0, 0.1) is 0 Å². The van der Waals surface area contributed by atoms with Crippen molar-refractivity contribution in [2.45, 2.75) is 18.3 Å². The van der Waals surface area contributed by atoms with E-state index in [2.05, 4.69) is 10.9 Å². The molecule has 0 saturated heterocycles. The standard InChI is InChI=1S/C5H12N2O4/c6-7-1-3(9)5(11)4(10)2-8/h1,3-5,8-11H,2,6H2/b7-1+/t3-,4+,5-/m0/s1. The van der Waals surface area contributed by atoms with E-state index < -0.39 is 24.9 Å². The third-order valence-electron chi connectivity index (χ3n) is 1.17. The van der Waals surface area contributed by atoms with Gasteiger partial charge in [0.2, 0.25) is 0 Å². The van der Waals surface area contributed by atoms with Crippen molar-refractivity contribution in [1.29, 1.82) is 0 Å². The highest BCUT2D eigenvalue weighted by molar-refractivity contribution is 5.63. The van der Waals surface area contributed by atoms with E-state index >= 15 is 0 Å². The van der Waals surface area contributed by atoms with Gasteiger partial charge in [0.25, 0.3) is 0 Å². The molecule has 0 aromatic rings. The number of nitrogens with zero attached hydrogens (tertiary/aromatic N) is 1. The summed E-state index contributed by atoms with van der Waals surface area (Å²) in [5.74, 6) is 4.66. The van der Waals surface area contributed by atoms with Gasteiger partial charge in [-0.1, -0.05) is 0 Å². The quantitative estimate of drug-likeness (QED) is 0.172. The van der Waals surface area contributed by atoms with Gasteiger partial charge in [-0.3, -0.25) is 0 Å². The van der Waals surface area contributed by atoms with Gasteiger partial charge in [-0.25, -0.2) is 0 Å². The Hall–Kier alpha value is -0.690. The summed E-state index contributed by atoms with van der Waals surface area (Å²) in [6, 6.07) is 0. The zero-order chi connectivity index (χ0) is 8.85. The van der Waals surface area contributed by atoms with Crippen LogP contribution in [0.1, 0.15) is 0 Å². The lowest BCUT2D eigenvalue weighted by Gasteiger charge is -2.17. The number of aliphatic hydroxyl groups is 4. The second-order valence-corrected chi connectivity index (χ2v) is 2.03. The lowest BCUT2D eigenvalue weighted by atomic mass is 10.1. The predicted octanol–water partition coefficient (Wildman–Crippen LogP) is -2.99. The number of hydrogen-bond donors (Lipinski definition) is 5. The Bertz CT molecular complexity index is 130. The Morgan fingerprint density at radius 3 is 2.27 bits per heavy atom. The number of rotatable bonds is 4. The van der Waals surface area contributed by atoms with Crippen molar-refractivity contribution in [2.24, 2.45) is 10.9 Å². The topological polar surface area (TPSA) is 119 Å². The number of hydrogen-bond acceptors (Lipinski definition) is 6. The van der Waals surface area contributed by atoms with Crippen LogP contribution in [0.3, 0.4) is 0 Å². The predicted molar refractivity (Wildman–Crippen MR) is 37.8 cm³/mol. The van der Waals surface area contributed by atoms with Gasteiger partial charge in [-0.2, -0.15) is 5.10 Å². The lowest BCUT2D eigenvalue weighted by Crippen LogP contribution is -2.40. The molecule has 0 amide bonds. The minimum absolute atomic E-state index is 0.628. The molecule has 0 aliphatic heterocycles. The molecule has 0 aliphatic rings. The largest absolute Gasteiger partial charge is 0.394 e. The SMILES string of the molecule is N/N=C/[C@H](O)[C@H](O)[C@H](O)CO. The average Bonchev–Trinajstić information content (AvgIpc) is 2.02. The van der Waals surface area contributed by atoms with Crippen molar-refractivity contribution in [3.63, 3.8) is 0 Å². The molecule has 0 aromatic heterocycles. The molecule has 0 fully saturated rings.